The SMILES string of the molecule is CC(C)(C)OC(=O)N1CCN(c2ccc(-c3cc(O)cn4nc5c(c34)C=NC5)cn2)CC1. The molecule has 0 aromatic carbocycles. The first-order chi connectivity index (χ1) is 15.3. The number of carbonyl (C=O) groups is 1. The molecule has 3 aromatic rings. The molecule has 9 nitrogen and oxygen atoms in total. The van der Waals surface area contributed by atoms with Gasteiger partial charge in [0.25, 0.3) is 0 Å². The molecule has 3 aromatic heterocycles. The van der Waals surface area contributed by atoms with E-state index in [-0.39, 0.29) is 11.8 Å². The maximum Gasteiger partial charge on any atom is 0.410 e. The largest absolute Gasteiger partial charge is 0.506 e. The summed E-state index contributed by atoms with van der Waals surface area (Å²) in [5.41, 5.74) is 4.07. The first kappa shape index (κ1) is 20.3. The van der Waals surface area contributed by atoms with E-state index in [1.165, 1.54) is 0 Å². The molecule has 2 aliphatic heterocycles. The van der Waals surface area contributed by atoms with E-state index in [0.717, 1.165) is 33.7 Å². The molecule has 166 valence electrons. The number of rotatable bonds is 2. The van der Waals surface area contributed by atoms with Crippen LogP contribution >= 0.6 is 0 Å². The van der Waals surface area contributed by atoms with Crippen molar-refractivity contribution in [1.82, 2.24) is 19.5 Å². The Morgan fingerprint density at radius 1 is 1.16 bits per heavy atom. The second-order valence-corrected chi connectivity index (χ2v) is 9.09. The minimum Gasteiger partial charge on any atom is -0.506 e. The Bertz CT molecular complexity index is 1200. The number of piperazine rings is 1. The topological polar surface area (TPSA) is 95.6 Å². The van der Waals surface area contributed by atoms with Gasteiger partial charge in [0.15, 0.2) is 0 Å². The number of aromatic nitrogens is 3. The van der Waals surface area contributed by atoms with Gasteiger partial charge in [-0.3, -0.25) is 4.99 Å². The molecular weight excluding hydrogens is 408 g/mol. The zero-order chi connectivity index (χ0) is 22.5. The van der Waals surface area contributed by atoms with Crippen molar-refractivity contribution < 1.29 is 14.6 Å². The molecule has 2 aliphatic rings. The average molecular weight is 435 g/mol. The normalized spacial score (nSPS) is 16.0. The number of ether oxygens (including phenoxy) is 1. The van der Waals surface area contributed by atoms with Crippen LogP contribution in [0.5, 0.6) is 5.75 Å². The molecule has 9 heteroatoms. The number of nitrogens with zero attached hydrogens (tertiary/aromatic N) is 6. The van der Waals surface area contributed by atoms with Crippen molar-refractivity contribution in [2.24, 2.45) is 4.99 Å². The number of hydrogen-bond acceptors (Lipinski definition) is 7. The average Bonchev–Trinajstić information content (AvgIpc) is 3.33. The molecule has 32 heavy (non-hydrogen) atoms. The van der Waals surface area contributed by atoms with Gasteiger partial charge in [0, 0.05) is 55.3 Å². The van der Waals surface area contributed by atoms with Gasteiger partial charge < -0.3 is 19.6 Å². The third kappa shape index (κ3) is 3.74. The van der Waals surface area contributed by atoms with E-state index in [1.54, 1.807) is 21.7 Å². The molecule has 0 saturated carbocycles. The Morgan fingerprint density at radius 2 is 1.94 bits per heavy atom. The highest BCUT2D eigenvalue weighted by molar-refractivity contribution is 5.99. The predicted octanol–water partition coefficient (Wildman–Crippen LogP) is 3.09. The van der Waals surface area contributed by atoms with E-state index in [1.807, 2.05) is 45.3 Å². The van der Waals surface area contributed by atoms with Gasteiger partial charge in [0.2, 0.25) is 0 Å². The van der Waals surface area contributed by atoms with Crippen molar-refractivity contribution in [3.05, 3.63) is 41.9 Å². The standard InChI is InChI=1S/C23H26N6O3/c1-23(2,3)32-22(31)28-8-6-27(7-9-28)20-5-4-15(11-25-20)17-10-16(30)14-29-21(17)18-12-24-13-19(18)26-29/h4-5,10-12,14,30H,6-9,13H2,1-3H3. The molecule has 0 bridgehead atoms. The van der Waals surface area contributed by atoms with Crippen LogP contribution in [0, 0.1) is 0 Å². The van der Waals surface area contributed by atoms with Crippen LogP contribution in [0.1, 0.15) is 32.0 Å². The van der Waals surface area contributed by atoms with Crippen molar-refractivity contribution in [3.8, 4) is 16.9 Å². The fourth-order valence-electron chi connectivity index (χ4n) is 4.11. The molecule has 1 saturated heterocycles. The number of aromatic hydroxyl groups is 1. The first-order valence-electron chi connectivity index (χ1n) is 10.7. The Morgan fingerprint density at radius 3 is 2.62 bits per heavy atom. The van der Waals surface area contributed by atoms with E-state index >= 15 is 0 Å². The number of carbonyl (C=O) groups excluding carboxylic acids is 1. The maximum absolute atomic E-state index is 12.3. The summed E-state index contributed by atoms with van der Waals surface area (Å²) in [4.78, 5) is 25.2. The van der Waals surface area contributed by atoms with Gasteiger partial charge in [-0.05, 0) is 39.0 Å². The summed E-state index contributed by atoms with van der Waals surface area (Å²) in [6.07, 6.45) is 4.99. The van der Waals surface area contributed by atoms with Gasteiger partial charge in [-0.2, -0.15) is 5.10 Å². The smallest absolute Gasteiger partial charge is 0.410 e. The highest BCUT2D eigenvalue weighted by atomic mass is 16.6. The maximum atomic E-state index is 12.3. The Hall–Kier alpha value is -3.62. The molecule has 5 rings (SSSR count). The van der Waals surface area contributed by atoms with Gasteiger partial charge in [-0.25, -0.2) is 14.3 Å². The number of hydrogen-bond donors (Lipinski definition) is 1. The van der Waals surface area contributed by atoms with Crippen LogP contribution in [-0.4, -0.2) is 68.7 Å². The van der Waals surface area contributed by atoms with Gasteiger partial charge in [0.05, 0.1) is 24.0 Å². The summed E-state index contributed by atoms with van der Waals surface area (Å²) in [6, 6.07) is 5.71. The second kappa shape index (κ2) is 7.51. The van der Waals surface area contributed by atoms with E-state index < -0.39 is 5.60 Å². The van der Waals surface area contributed by atoms with Crippen LogP contribution in [0.2, 0.25) is 0 Å². The molecule has 0 atom stereocenters. The van der Waals surface area contributed by atoms with Crippen molar-refractivity contribution >= 4 is 23.6 Å². The number of anilines is 1. The minimum atomic E-state index is -0.496. The van der Waals surface area contributed by atoms with Gasteiger partial charge >= 0.3 is 6.09 Å². The molecule has 0 radical (unpaired) electrons. The fraction of sp³-hybridized carbons (Fsp3) is 0.391. The zero-order valence-electron chi connectivity index (χ0n) is 18.4. The Balaban J connectivity index is 1.34. The molecule has 1 N–H and O–H groups in total. The molecule has 1 amide bonds. The molecule has 5 heterocycles. The quantitative estimate of drug-likeness (QED) is 0.666. The lowest BCUT2D eigenvalue weighted by atomic mass is 10.0. The van der Waals surface area contributed by atoms with Crippen molar-refractivity contribution in [1.29, 1.82) is 0 Å². The number of amides is 1. The fourth-order valence-corrected chi connectivity index (χ4v) is 4.11. The van der Waals surface area contributed by atoms with Crippen molar-refractivity contribution in [2.45, 2.75) is 32.9 Å². The zero-order valence-corrected chi connectivity index (χ0v) is 18.4. The molecule has 1 fully saturated rings. The summed E-state index contributed by atoms with van der Waals surface area (Å²) in [6.45, 7) is 8.74. The van der Waals surface area contributed by atoms with E-state index in [2.05, 4.69) is 20.0 Å². The Labute approximate surface area is 186 Å². The lowest BCUT2D eigenvalue weighted by Crippen LogP contribution is -2.50. The summed E-state index contributed by atoms with van der Waals surface area (Å²) in [5.74, 6) is 1.00. The number of aliphatic imine (C=N–C) groups is 1. The van der Waals surface area contributed by atoms with Crippen LogP contribution in [0.3, 0.4) is 0 Å². The summed E-state index contributed by atoms with van der Waals surface area (Å²) < 4.78 is 7.18. The van der Waals surface area contributed by atoms with Gasteiger partial charge in [-0.15, -0.1) is 0 Å². The van der Waals surface area contributed by atoms with E-state index in [4.69, 9.17) is 4.74 Å². The van der Waals surface area contributed by atoms with E-state index in [9.17, 15) is 9.90 Å². The number of fused-ring (bicyclic) bond motifs is 3. The molecule has 0 spiro atoms. The second-order valence-electron chi connectivity index (χ2n) is 9.09. The predicted molar refractivity (Wildman–Crippen MR) is 121 cm³/mol. The molecule has 0 aliphatic carbocycles. The first-order valence-corrected chi connectivity index (χ1v) is 10.7. The van der Waals surface area contributed by atoms with Crippen LogP contribution in [0.15, 0.2) is 35.6 Å². The minimum absolute atomic E-state index is 0.146. The monoisotopic (exact) mass is 434 g/mol. The van der Waals surface area contributed by atoms with Crippen LogP contribution in [0.4, 0.5) is 10.6 Å². The van der Waals surface area contributed by atoms with Crippen molar-refractivity contribution in [3.63, 3.8) is 0 Å². The molecular formula is C23H26N6O3. The highest BCUT2D eigenvalue weighted by Crippen LogP contribution is 2.33. The summed E-state index contributed by atoms with van der Waals surface area (Å²) in [7, 11) is 0. The van der Waals surface area contributed by atoms with Crippen LogP contribution in [-0.2, 0) is 11.3 Å². The third-order valence-corrected chi connectivity index (χ3v) is 5.60. The summed E-state index contributed by atoms with van der Waals surface area (Å²) in [5, 5.41) is 14.7. The lowest BCUT2D eigenvalue weighted by molar-refractivity contribution is 0.0240. The lowest BCUT2D eigenvalue weighted by Gasteiger charge is -2.36. The van der Waals surface area contributed by atoms with Crippen LogP contribution < -0.4 is 4.90 Å². The van der Waals surface area contributed by atoms with Crippen LogP contribution in [0.25, 0.3) is 16.6 Å². The molecule has 0 unspecified atom stereocenters. The van der Waals surface area contributed by atoms with Crippen molar-refractivity contribution in [2.75, 3.05) is 31.1 Å². The van der Waals surface area contributed by atoms with Gasteiger partial charge in [-0.1, -0.05) is 0 Å². The highest BCUT2D eigenvalue weighted by Gasteiger charge is 2.26. The third-order valence-electron chi connectivity index (χ3n) is 5.60. The van der Waals surface area contributed by atoms with Gasteiger partial charge in [0.1, 0.15) is 17.2 Å². The Kier molecular flexibility index (Phi) is 4.76. The summed E-state index contributed by atoms with van der Waals surface area (Å²) >= 11 is 0. The van der Waals surface area contributed by atoms with E-state index in [0.29, 0.717) is 32.7 Å². The number of pyridine rings is 2.